The number of rotatable bonds is 7. The normalized spacial score (nSPS) is 13.3. The van der Waals surface area contributed by atoms with Gasteiger partial charge in [-0.05, 0) is 13.1 Å². The van der Waals surface area contributed by atoms with Gasteiger partial charge in [0.1, 0.15) is 0 Å². The number of hydrogen-bond donors (Lipinski definition) is 0. The molecule has 0 radical (unpaired) electrons. The first kappa shape index (κ1) is 12.6. The van der Waals surface area contributed by atoms with E-state index in [1.54, 1.807) is 7.11 Å². The Balaban J connectivity index is 4.28. The quantitative estimate of drug-likeness (QED) is 0.602. The van der Waals surface area contributed by atoms with Crippen molar-refractivity contribution in [3.05, 3.63) is 0 Å². The molecule has 0 rings (SSSR count). The zero-order chi connectivity index (χ0) is 10.3. The van der Waals surface area contributed by atoms with Crippen LogP contribution in [0.4, 0.5) is 0 Å². The number of carbonyl (C=O) groups excluding carboxylic acids is 1. The highest BCUT2D eigenvalue weighted by atomic mass is 16.5. The van der Waals surface area contributed by atoms with Crippen molar-refractivity contribution < 1.29 is 9.53 Å². The largest absolute Gasteiger partial charge is 0.383 e. The third-order valence-electron chi connectivity index (χ3n) is 2.30. The Kier molecular flexibility index (Phi) is 6.82. The molecular weight excluding hydrogens is 166 g/mol. The van der Waals surface area contributed by atoms with E-state index in [-0.39, 0.29) is 11.8 Å². The standard InChI is InChI=1S/C10H21NO2/c1-5-10(12)9(8-13-4)11(6-2)7-3/h9H,5-8H2,1-4H3/t9-/m0/s1. The van der Waals surface area contributed by atoms with Crippen molar-refractivity contribution in [2.24, 2.45) is 0 Å². The van der Waals surface area contributed by atoms with Crippen LogP contribution in [0.2, 0.25) is 0 Å². The van der Waals surface area contributed by atoms with Crippen LogP contribution >= 0.6 is 0 Å². The molecule has 0 spiro atoms. The van der Waals surface area contributed by atoms with Crippen molar-refractivity contribution in [3.8, 4) is 0 Å². The van der Waals surface area contributed by atoms with Crippen LogP contribution in [-0.2, 0) is 9.53 Å². The van der Waals surface area contributed by atoms with E-state index in [1.165, 1.54) is 0 Å². The molecule has 1 atom stereocenters. The number of hydrogen-bond acceptors (Lipinski definition) is 3. The summed E-state index contributed by atoms with van der Waals surface area (Å²) in [5, 5.41) is 0. The third-order valence-corrected chi connectivity index (χ3v) is 2.30. The first-order valence-corrected chi connectivity index (χ1v) is 4.96. The van der Waals surface area contributed by atoms with Crippen LogP contribution in [0.15, 0.2) is 0 Å². The van der Waals surface area contributed by atoms with Crippen molar-refractivity contribution in [2.45, 2.75) is 33.2 Å². The number of nitrogens with zero attached hydrogens (tertiary/aromatic N) is 1. The van der Waals surface area contributed by atoms with Crippen molar-refractivity contribution in [2.75, 3.05) is 26.8 Å². The van der Waals surface area contributed by atoms with E-state index in [1.807, 2.05) is 6.92 Å². The fourth-order valence-electron chi connectivity index (χ4n) is 1.46. The maximum absolute atomic E-state index is 11.5. The van der Waals surface area contributed by atoms with E-state index >= 15 is 0 Å². The maximum Gasteiger partial charge on any atom is 0.152 e. The summed E-state index contributed by atoms with van der Waals surface area (Å²) in [5.41, 5.74) is 0. The number of likely N-dealkylation sites (N-methyl/N-ethyl adjacent to an activating group) is 1. The van der Waals surface area contributed by atoms with Crippen molar-refractivity contribution in [1.29, 1.82) is 0 Å². The van der Waals surface area contributed by atoms with Crippen LogP contribution in [0.25, 0.3) is 0 Å². The molecule has 3 heteroatoms. The summed E-state index contributed by atoms with van der Waals surface area (Å²) in [4.78, 5) is 13.7. The summed E-state index contributed by atoms with van der Waals surface area (Å²) in [6, 6.07) is -0.0509. The molecule has 13 heavy (non-hydrogen) atoms. The van der Waals surface area contributed by atoms with Gasteiger partial charge in [0.25, 0.3) is 0 Å². The van der Waals surface area contributed by atoms with Gasteiger partial charge in [-0.15, -0.1) is 0 Å². The molecular formula is C10H21NO2. The van der Waals surface area contributed by atoms with Crippen LogP contribution in [0, 0.1) is 0 Å². The highest BCUT2D eigenvalue weighted by molar-refractivity contribution is 5.83. The highest BCUT2D eigenvalue weighted by Gasteiger charge is 2.21. The molecule has 0 heterocycles. The molecule has 3 nitrogen and oxygen atoms in total. The predicted molar refractivity (Wildman–Crippen MR) is 53.9 cm³/mol. The van der Waals surface area contributed by atoms with Gasteiger partial charge >= 0.3 is 0 Å². The second-order valence-electron chi connectivity index (χ2n) is 3.01. The topological polar surface area (TPSA) is 29.5 Å². The van der Waals surface area contributed by atoms with Gasteiger partial charge in [0.2, 0.25) is 0 Å². The minimum Gasteiger partial charge on any atom is -0.383 e. The summed E-state index contributed by atoms with van der Waals surface area (Å²) in [7, 11) is 1.64. The average Bonchev–Trinajstić information content (AvgIpc) is 2.17. The summed E-state index contributed by atoms with van der Waals surface area (Å²) in [6.45, 7) is 8.33. The molecule has 0 aromatic carbocycles. The van der Waals surface area contributed by atoms with Crippen molar-refractivity contribution in [3.63, 3.8) is 0 Å². The van der Waals surface area contributed by atoms with Crippen LogP contribution in [-0.4, -0.2) is 43.5 Å². The molecule has 0 aromatic heterocycles. The zero-order valence-electron chi connectivity index (χ0n) is 9.17. The molecule has 0 N–H and O–H groups in total. The molecule has 0 aliphatic rings. The Labute approximate surface area is 81.1 Å². The fraction of sp³-hybridized carbons (Fsp3) is 0.900. The molecule has 0 fully saturated rings. The summed E-state index contributed by atoms with van der Waals surface area (Å²) in [5.74, 6) is 0.269. The van der Waals surface area contributed by atoms with Gasteiger partial charge in [0, 0.05) is 13.5 Å². The van der Waals surface area contributed by atoms with Crippen LogP contribution in [0.5, 0.6) is 0 Å². The fourth-order valence-corrected chi connectivity index (χ4v) is 1.46. The SMILES string of the molecule is CCC(=O)[C@H](COC)N(CC)CC. The second-order valence-corrected chi connectivity index (χ2v) is 3.01. The minimum absolute atomic E-state index is 0.0509. The highest BCUT2D eigenvalue weighted by Crippen LogP contribution is 2.03. The Morgan fingerprint density at radius 2 is 1.85 bits per heavy atom. The number of ether oxygens (including phenoxy) is 1. The number of Topliss-reactive ketones (excluding diaryl/α,β-unsaturated/α-hetero) is 1. The van der Waals surface area contributed by atoms with E-state index < -0.39 is 0 Å². The summed E-state index contributed by atoms with van der Waals surface area (Å²) < 4.78 is 5.05. The lowest BCUT2D eigenvalue weighted by Crippen LogP contribution is -2.43. The Hall–Kier alpha value is -0.410. The Morgan fingerprint density at radius 3 is 2.15 bits per heavy atom. The molecule has 0 saturated carbocycles. The lowest BCUT2D eigenvalue weighted by molar-refractivity contribution is -0.125. The van der Waals surface area contributed by atoms with Gasteiger partial charge in [-0.2, -0.15) is 0 Å². The van der Waals surface area contributed by atoms with Gasteiger partial charge < -0.3 is 4.74 Å². The molecule has 0 unspecified atom stereocenters. The Morgan fingerprint density at radius 1 is 1.31 bits per heavy atom. The molecule has 0 aromatic rings. The molecule has 0 aliphatic heterocycles. The maximum atomic E-state index is 11.5. The van der Waals surface area contributed by atoms with Gasteiger partial charge in [-0.25, -0.2) is 0 Å². The molecule has 0 amide bonds. The summed E-state index contributed by atoms with van der Waals surface area (Å²) >= 11 is 0. The number of methoxy groups -OCH3 is 1. The average molecular weight is 187 g/mol. The molecule has 0 bridgehead atoms. The van der Waals surface area contributed by atoms with Crippen molar-refractivity contribution in [1.82, 2.24) is 4.90 Å². The third kappa shape index (κ3) is 3.87. The lowest BCUT2D eigenvalue weighted by atomic mass is 10.1. The predicted octanol–water partition coefficient (Wildman–Crippen LogP) is 1.32. The second kappa shape index (κ2) is 7.04. The molecule has 0 saturated heterocycles. The molecule has 0 aliphatic carbocycles. The zero-order valence-corrected chi connectivity index (χ0v) is 9.17. The first-order chi connectivity index (χ1) is 6.21. The number of carbonyl (C=O) groups is 1. The summed E-state index contributed by atoms with van der Waals surface area (Å²) in [6.07, 6.45) is 0.588. The van der Waals surface area contributed by atoms with Crippen LogP contribution in [0.1, 0.15) is 27.2 Å². The van der Waals surface area contributed by atoms with E-state index in [2.05, 4.69) is 18.7 Å². The van der Waals surface area contributed by atoms with E-state index in [0.29, 0.717) is 13.0 Å². The smallest absolute Gasteiger partial charge is 0.152 e. The van der Waals surface area contributed by atoms with E-state index in [9.17, 15) is 4.79 Å². The van der Waals surface area contributed by atoms with E-state index in [0.717, 1.165) is 13.1 Å². The van der Waals surface area contributed by atoms with Gasteiger partial charge in [0.05, 0.1) is 12.6 Å². The van der Waals surface area contributed by atoms with Crippen LogP contribution in [0.3, 0.4) is 0 Å². The monoisotopic (exact) mass is 187 g/mol. The van der Waals surface area contributed by atoms with Gasteiger partial charge in [0.15, 0.2) is 5.78 Å². The minimum atomic E-state index is -0.0509. The number of ketones is 1. The van der Waals surface area contributed by atoms with Gasteiger partial charge in [-0.1, -0.05) is 20.8 Å². The Bertz CT molecular complexity index is 144. The first-order valence-electron chi connectivity index (χ1n) is 4.96. The van der Waals surface area contributed by atoms with Crippen molar-refractivity contribution >= 4 is 5.78 Å². The lowest BCUT2D eigenvalue weighted by Gasteiger charge is -2.27. The molecule has 78 valence electrons. The van der Waals surface area contributed by atoms with Crippen LogP contribution < -0.4 is 0 Å². The van der Waals surface area contributed by atoms with Gasteiger partial charge in [-0.3, -0.25) is 9.69 Å². The van der Waals surface area contributed by atoms with E-state index in [4.69, 9.17) is 4.74 Å².